The maximum Gasteiger partial charge on any atom is 0.498 e. The molecule has 0 atom stereocenters. The van der Waals surface area contributed by atoms with Crippen LogP contribution in [0.2, 0.25) is 5.02 Å². The molecule has 0 spiro atoms. The molecule has 7 heteroatoms. The monoisotopic (exact) mass is 322 g/mol. The van der Waals surface area contributed by atoms with E-state index in [1.807, 2.05) is 27.7 Å². The van der Waals surface area contributed by atoms with Gasteiger partial charge < -0.3 is 9.31 Å². The van der Waals surface area contributed by atoms with E-state index in [1.54, 1.807) is 24.5 Å². The normalized spacial score (nSPS) is 19.6. The lowest BCUT2D eigenvalue weighted by molar-refractivity contribution is 0.00578. The molecular formula is C15H17BClFN2O2. The summed E-state index contributed by atoms with van der Waals surface area (Å²) in [5, 5.41) is 4.54. The third-order valence-corrected chi connectivity index (χ3v) is 4.52. The predicted molar refractivity (Wildman–Crippen MR) is 84.2 cm³/mol. The molecule has 0 amide bonds. The standard InChI is InChI=1S/C15H17BClFN2O2/c1-14(2)15(3,4)22-16(21-14)10-8-19-20(9-10)13-6-5-11(17)7-12(13)18/h5-9H,1-4H3. The topological polar surface area (TPSA) is 36.3 Å². The van der Waals surface area contributed by atoms with Gasteiger partial charge in [0.05, 0.1) is 11.2 Å². The zero-order valence-electron chi connectivity index (χ0n) is 12.9. The van der Waals surface area contributed by atoms with Crippen molar-refractivity contribution in [1.82, 2.24) is 9.78 Å². The fraction of sp³-hybridized carbons (Fsp3) is 0.400. The Morgan fingerprint density at radius 1 is 1.18 bits per heavy atom. The fourth-order valence-electron chi connectivity index (χ4n) is 2.24. The highest BCUT2D eigenvalue weighted by molar-refractivity contribution is 6.62. The Bertz CT molecular complexity index is 701. The third-order valence-electron chi connectivity index (χ3n) is 4.28. The van der Waals surface area contributed by atoms with Crippen LogP contribution < -0.4 is 5.46 Å². The summed E-state index contributed by atoms with van der Waals surface area (Å²) in [6.45, 7) is 7.93. The Labute approximate surface area is 134 Å². The molecule has 1 aliphatic heterocycles. The van der Waals surface area contributed by atoms with Gasteiger partial charge in [-0.15, -0.1) is 0 Å². The molecule has 1 aromatic carbocycles. The summed E-state index contributed by atoms with van der Waals surface area (Å²) in [4.78, 5) is 0. The van der Waals surface area contributed by atoms with Gasteiger partial charge in [0.2, 0.25) is 0 Å². The van der Waals surface area contributed by atoms with Gasteiger partial charge >= 0.3 is 7.12 Å². The molecule has 2 heterocycles. The first-order valence-electron chi connectivity index (χ1n) is 7.05. The fourth-order valence-corrected chi connectivity index (χ4v) is 2.40. The van der Waals surface area contributed by atoms with Crippen molar-refractivity contribution in [3.8, 4) is 5.69 Å². The molecule has 0 N–H and O–H groups in total. The lowest BCUT2D eigenvalue weighted by Crippen LogP contribution is -2.41. The maximum absolute atomic E-state index is 14.0. The van der Waals surface area contributed by atoms with Gasteiger partial charge in [-0.25, -0.2) is 9.07 Å². The molecule has 2 aromatic rings. The summed E-state index contributed by atoms with van der Waals surface area (Å²) in [5.41, 5.74) is 0.219. The Balaban J connectivity index is 1.89. The van der Waals surface area contributed by atoms with Crippen molar-refractivity contribution in [2.75, 3.05) is 0 Å². The molecular weight excluding hydrogens is 305 g/mol. The first kappa shape index (κ1) is 15.5. The highest BCUT2D eigenvalue weighted by Gasteiger charge is 2.52. The summed E-state index contributed by atoms with van der Waals surface area (Å²) >= 11 is 5.77. The number of hydrogen-bond donors (Lipinski definition) is 0. The Kier molecular flexibility index (Phi) is 3.59. The molecule has 0 saturated carbocycles. The second kappa shape index (κ2) is 5.08. The van der Waals surface area contributed by atoms with Crippen LogP contribution in [0.25, 0.3) is 5.69 Å². The van der Waals surface area contributed by atoms with Crippen LogP contribution in [-0.2, 0) is 9.31 Å². The molecule has 0 aliphatic carbocycles. The number of rotatable bonds is 2. The van der Waals surface area contributed by atoms with Crippen molar-refractivity contribution in [1.29, 1.82) is 0 Å². The maximum atomic E-state index is 14.0. The van der Waals surface area contributed by atoms with E-state index in [1.165, 1.54) is 10.7 Å². The average molecular weight is 323 g/mol. The van der Waals surface area contributed by atoms with Crippen molar-refractivity contribution >= 4 is 24.2 Å². The van der Waals surface area contributed by atoms with Gasteiger partial charge in [0, 0.05) is 22.9 Å². The number of hydrogen-bond acceptors (Lipinski definition) is 3. The van der Waals surface area contributed by atoms with E-state index in [9.17, 15) is 4.39 Å². The van der Waals surface area contributed by atoms with Crippen LogP contribution in [0.4, 0.5) is 4.39 Å². The number of nitrogens with zero attached hydrogens (tertiary/aromatic N) is 2. The number of benzene rings is 1. The van der Waals surface area contributed by atoms with Crippen LogP contribution in [0, 0.1) is 5.82 Å². The van der Waals surface area contributed by atoms with E-state index >= 15 is 0 Å². The molecule has 0 bridgehead atoms. The van der Waals surface area contributed by atoms with Crippen LogP contribution in [0.15, 0.2) is 30.6 Å². The Hall–Kier alpha value is -1.37. The van der Waals surface area contributed by atoms with E-state index in [2.05, 4.69) is 5.10 Å². The highest BCUT2D eigenvalue weighted by Crippen LogP contribution is 2.36. The van der Waals surface area contributed by atoms with Crippen molar-refractivity contribution in [2.24, 2.45) is 0 Å². The lowest BCUT2D eigenvalue weighted by atomic mass is 9.82. The van der Waals surface area contributed by atoms with Crippen molar-refractivity contribution < 1.29 is 13.7 Å². The number of halogens is 2. The summed E-state index contributed by atoms with van der Waals surface area (Å²) in [6, 6.07) is 4.46. The smallest absolute Gasteiger partial charge is 0.399 e. The second-order valence-corrected chi connectivity index (χ2v) is 6.84. The molecule has 116 valence electrons. The summed E-state index contributed by atoms with van der Waals surface area (Å²) in [7, 11) is -0.519. The van der Waals surface area contributed by atoms with E-state index in [0.717, 1.165) is 5.46 Å². The highest BCUT2D eigenvalue weighted by atomic mass is 35.5. The third kappa shape index (κ3) is 2.55. The van der Waals surface area contributed by atoms with Gasteiger partial charge in [0.15, 0.2) is 0 Å². The molecule has 1 fully saturated rings. The van der Waals surface area contributed by atoms with E-state index in [0.29, 0.717) is 10.7 Å². The van der Waals surface area contributed by atoms with E-state index < -0.39 is 24.1 Å². The molecule has 0 unspecified atom stereocenters. The minimum atomic E-state index is -0.519. The molecule has 0 radical (unpaired) electrons. The zero-order chi connectivity index (χ0) is 16.1. The molecule has 22 heavy (non-hydrogen) atoms. The largest absolute Gasteiger partial charge is 0.498 e. The van der Waals surface area contributed by atoms with Crippen LogP contribution in [-0.4, -0.2) is 28.1 Å². The lowest BCUT2D eigenvalue weighted by Gasteiger charge is -2.32. The second-order valence-electron chi connectivity index (χ2n) is 6.40. The Morgan fingerprint density at radius 3 is 2.41 bits per heavy atom. The summed E-state index contributed by atoms with van der Waals surface area (Å²) in [5.74, 6) is -0.434. The Morgan fingerprint density at radius 2 is 1.82 bits per heavy atom. The van der Waals surface area contributed by atoms with E-state index in [4.69, 9.17) is 20.9 Å². The van der Waals surface area contributed by atoms with Crippen LogP contribution in [0.5, 0.6) is 0 Å². The predicted octanol–water partition coefficient (Wildman–Crippen LogP) is 2.96. The van der Waals surface area contributed by atoms with Gasteiger partial charge in [-0.2, -0.15) is 5.10 Å². The van der Waals surface area contributed by atoms with Crippen molar-refractivity contribution in [2.45, 2.75) is 38.9 Å². The van der Waals surface area contributed by atoms with Crippen LogP contribution in [0.3, 0.4) is 0 Å². The molecule has 4 nitrogen and oxygen atoms in total. The minimum Gasteiger partial charge on any atom is -0.399 e. The van der Waals surface area contributed by atoms with Crippen LogP contribution in [0.1, 0.15) is 27.7 Å². The van der Waals surface area contributed by atoms with Gasteiger partial charge in [0.1, 0.15) is 11.5 Å². The average Bonchev–Trinajstić information content (AvgIpc) is 2.93. The zero-order valence-corrected chi connectivity index (χ0v) is 13.7. The quantitative estimate of drug-likeness (QED) is 0.798. The molecule has 1 saturated heterocycles. The molecule has 1 aliphatic rings. The SMILES string of the molecule is CC1(C)OB(c2cnn(-c3ccc(Cl)cc3F)c2)OC1(C)C. The van der Waals surface area contributed by atoms with Gasteiger partial charge in [0.25, 0.3) is 0 Å². The van der Waals surface area contributed by atoms with Crippen LogP contribution >= 0.6 is 11.6 Å². The summed E-state index contributed by atoms with van der Waals surface area (Å²) in [6.07, 6.45) is 3.32. The van der Waals surface area contributed by atoms with Crippen molar-refractivity contribution in [3.05, 3.63) is 41.4 Å². The molecule has 3 rings (SSSR count). The molecule has 1 aromatic heterocycles. The minimum absolute atomic E-state index is 0.326. The van der Waals surface area contributed by atoms with Gasteiger partial charge in [-0.05, 0) is 45.9 Å². The number of aromatic nitrogens is 2. The first-order valence-corrected chi connectivity index (χ1v) is 7.43. The van der Waals surface area contributed by atoms with Gasteiger partial charge in [-0.3, -0.25) is 0 Å². The van der Waals surface area contributed by atoms with Gasteiger partial charge in [-0.1, -0.05) is 11.6 Å². The van der Waals surface area contributed by atoms with Crippen molar-refractivity contribution in [3.63, 3.8) is 0 Å². The summed E-state index contributed by atoms with van der Waals surface area (Å²) < 4.78 is 27.3. The first-order chi connectivity index (χ1) is 10.2. The van der Waals surface area contributed by atoms with E-state index in [-0.39, 0.29) is 0 Å².